The minimum absolute atomic E-state index is 0.102. The number of carbonyl (C=O) groups excluding carboxylic acids is 3. The topological polar surface area (TPSA) is 72.5 Å². The number of ether oxygens (including phenoxy) is 1. The summed E-state index contributed by atoms with van der Waals surface area (Å²) in [6.45, 7) is 1.02. The molecule has 128 valence electrons. The van der Waals surface area contributed by atoms with E-state index in [-0.39, 0.29) is 5.78 Å². The van der Waals surface area contributed by atoms with Gasteiger partial charge < -0.3 is 10.1 Å². The number of Topliss-reactive ketones (excluding diaryl/α,β-unsaturated/α-hetero) is 1. The minimum atomic E-state index is -0.636. The van der Waals surface area contributed by atoms with E-state index >= 15 is 0 Å². The lowest BCUT2D eigenvalue weighted by atomic mass is 10.1. The van der Waals surface area contributed by atoms with Crippen molar-refractivity contribution in [3.63, 3.8) is 0 Å². The molecule has 2 aromatic rings. The van der Waals surface area contributed by atoms with E-state index in [4.69, 9.17) is 16.3 Å². The molecule has 2 rings (SSSR count). The van der Waals surface area contributed by atoms with Crippen molar-refractivity contribution >= 4 is 41.0 Å². The Kier molecular flexibility index (Phi) is 6.48. The maximum Gasteiger partial charge on any atom is 0.331 e. The molecule has 25 heavy (non-hydrogen) atoms. The molecule has 0 bridgehead atoms. The van der Waals surface area contributed by atoms with Crippen LogP contribution in [-0.4, -0.2) is 24.3 Å². The third-order valence-electron chi connectivity index (χ3n) is 3.18. The summed E-state index contributed by atoms with van der Waals surface area (Å²) in [6.07, 6.45) is 2.79. The molecule has 0 atom stereocenters. The van der Waals surface area contributed by atoms with Gasteiger partial charge in [0.05, 0.1) is 0 Å². The monoisotopic (exact) mass is 357 g/mol. The fourth-order valence-corrected chi connectivity index (χ4v) is 2.06. The summed E-state index contributed by atoms with van der Waals surface area (Å²) in [5, 5.41) is 3.17. The normalized spacial score (nSPS) is 10.5. The molecule has 0 radical (unpaired) electrons. The second-order valence-corrected chi connectivity index (χ2v) is 5.61. The van der Waals surface area contributed by atoms with Gasteiger partial charge in [-0.3, -0.25) is 9.59 Å². The largest absolute Gasteiger partial charge is 0.452 e. The fourth-order valence-electron chi connectivity index (χ4n) is 1.94. The summed E-state index contributed by atoms with van der Waals surface area (Å²) < 4.78 is 4.87. The lowest BCUT2D eigenvalue weighted by Crippen LogP contribution is -2.20. The van der Waals surface area contributed by atoms with Crippen molar-refractivity contribution < 1.29 is 19.1 Å². The van der Waals surface area contributed by atoms with Gasteiger partial charge in [0.1, 0.15) is 0 Å². The van der Waals surface area contributed by atoms with Crippen LogP contribution in [0.15, 0.2) is 54.6 Å². The molecule has 0 spiro atoms. The molecule has 0 aromatic heterocycles. The number of ketones is 1. The Hall–Kier alpha value is -2.92. The lowest BCUT2D eigenvalue weighted by Gasteiger charge is -2.06. The van der Waals surface area contributed by atoms with Crippen LogP contribution in [0.5, 0.6) is 0 Å². The molecular formula is C19H16ClNO4. The standard InChI is InChI=1S/C19H16ClNO4/c1-13(22)15-3-2-4-17(11-15)21-18(23)12-25-19(24)10-7-14-5-8-16(20)9-6-14/h2-11H,12H2,1H3,(H,21,23). The number of carbonyl (C=O) groups is 3. The fraction of sp³-hybridized carbons (Fsp3) is 0.105. The van der Waals surface area contributed by atoms with E-state index < -0.39 is 18.5 Å². The van der Waals surface area contributed by atoms with Gasteiger partial charge in [-0.1, -0.05) is 35.9 Å². The van der Waals surface area contributed by atoms with Crippen molar-refractivity contribution in [2.75, 3.05) is 11.9 Å². The number of hydrogen-bond acceptors (Lipinski definition) is 4. The van der Waals surface area contributed by atoms with Gasteiger partial charge in [0.15, 0.2) is 12.4 Å². The zero-order valence-electron chi connectivity index (χ0n) is 13.5. The summed E-state index contributed by atoms with van der Waals surface area (Å²) in [6, 6.07) is 13.4. The average molecular weight is 358 g/mol. The van der Waals surface area contributed by atoms with Crippen molar-refractivity contribution in [2.45, 2.75) is 6.92 Å². The molecular weight excluding hydrogens is 342 g/mol. The number of nitrogens with one attached hydrogen (secondary N) is 1. The molecule has 0 unspecified atom stereocenters. The maximum atomic E-state index is 11.8. The first-order valence-corrected chi connectivity index (χ1v) is 7.83. The molecule has 6 heteroatoms. The van der Waals surface area contributed by atoms with Crippen LogP contribution in [0.4, 0.5) is 5.69 Å². The Morgan fingerprint density at radius 2 is 1.84 bits per heavy atom. The molecule has 2 aromatic carbocycles. The van der Waals surface area contributed by atoms with Gasteiger partial charge in [0.25, 0.3) is 5.91 Å². The molecule has 0 fully saturated rings. The smallest absolute Gasteiger partial charge is 0.331 e. The predicted molar refractivity (Wildman–Crippen MR) is 96.5 cm³/mol. The molecule has 0 saturated heterocycles. The van der Waals surface area contributed by atoms with Crippen LogP contribution in [0.2, 0.25) is 5.02 Å². The summed E-state index contributed by atoms with van der Waals surface area (Å²) >= 11 is 5.77. The number of anilines is 1. The van der Waals surface area contributed by atoms with Crippen LogP contribution >= 0.6 is 11.6 Å². The van der Waals surface area contributed by atoms with Crippen LogP contribution in [0.3, 0.4) is 0 Å². The summed E-state index contributed by atoms with van der Waals surface area (Å²) in [4.78, 5) is 34.7. The van der Waals surface area contributed by atoms with Crippen molar-refractivity contribution in [3.8, 4) is 0 Å². The zero-order chi connectivity index (χ0) is 18.2. The number of benzene rings is 2. The Balaban J connectivity index is 1.83. The highest BCUT2D eigenvalue weighted by atomic mass is 35.5. The van der Waals surface area contributed by atoms with Crippen LogP contribution in [-0.2, 0) is 14.3 Å². The Labute approximate surface area is 150 Å². The number of rotatable bonds is 6. The van der Waals surface area contributed by atoms with Crippen LogP contribution < -0.4 is 5.32 Å². The van der Waals surface area contributed by atoms with Crippen LogP contribution in [0, 0.1) is 0 Å². The first-order chi connectivity index (χ1) is 11.9. The van der Waals surface area contributed by atoms with E-state index in [1.807, 2.05) is 0 Å². The Bertz CT molecular complexity index is 812. The van der Waals surface area contributed by atoms with E-state index in [1.165, 1.54) is 13.0 Å². The third kappa shape index (κ3) is 6.24. The molecule has 1 amide bonds. The highest BCUT2D eigenvalue weighted by molar-refractivity contribution is 6.30. The quantitative estimate of drug-likeness (QED) is 0.485. The molecule has 0 aliphatic carbocycles. The van der Waals surface area contributed by atoms with Gasteiger partial charge >= 0.3 is 5.97 Å². The van der Waals surface area contributed by atoms with Crippen molar-refractivity contribution in [2.24, 2.45) is 0 Å². The van der Waals surface area contributed by atoms with Gasteiger partial charge in [-0.2, -0.15) is 0 Å². The van der Waals surface area contributed by atoms with Crippen LogP contribution in [0.25, 0.3) is 6.08 Å². The second kappa shape index (κ2) is 8.80. The number of hydrogen-bond donors (Lipinski definition) is 1. The summed E-state index contributed by atoms with van der Waals surface area (Å²) in [5.74, 6) is -1.23. The maximum absolute atomic E-state index is 11.8. The Morgan fingerprint density at radius 3 is 2.52 bits per heavy atom. The Morgan fingerprint density at radius 1 is 1.12 bits per heavy atom. The van der Waals surface area contributed by atoms with Crippen molar-refractivity contribution in [1.82, 2.24) is 0 Å². The first kappa shape index (κ1) is 18.4. The van der Waals surface area contributed by atoms with Gasteiger partial charge in [-0.25, -0.2) is 4.79 Å². The third-order valence-corrected chi connectivity index (χ3v) is 3.43. The average Bonchev–Trinajstić information content (AvgIpc) is 2.59. The zero-order valence-corrected chi connectivity index (χ0v) is 14.2. The van der Waals surface area contributed by atoms with E-state index in [0.29, 0.717) is 16.3 Å². The molecule has 0 saturated carbocycles. The van der Waals surface area contributed by atoms with E-state index in [1.54, 1.807) is 54.6 Å². The molecule has 5 nitrogen and oxygen atoms in total. The second-order valence-electron chi connectivity index (χ2n) is 5.18. The van der Waals surface area contributed by atoms with Crippen LogP contribution in [0.1, 0.15) is 22.8 Å². The number of halogens is 1. The number of amides is 1. The van der Waals surface area contributed by atoms with Crippen molar-refractivity contribution in [1.29, 1.82) is 0 Å². The van der Waals surface area contributed by atoms with Gasteiger partial charge in [0.2, 0.25) is 0 Å². The van der Waals surface area contributed by atoms with Gasteiger partial charge in [-0.05, 0) is 42.8 Å². The molecule has 1 N–H and O–H groups in total. The van der Waals surface area contributed by atoms with E-state index in [0.717, 1.165) is 5.56 Å². The predicted octanol–water partition coefficient (Wildman–Crippen LogP) is 3.74. The SMILES string of the molecule is CC(=O)c1cccc(NC(=O)COC(=O)C=Cc2ccc(Cl)cc2)c1. The highest BCUT2D eigenvalue weighted by Crippen LogP contribution is 2.12. The van der Waals surface area contributed by atoms with Gasteiger partial charge in [0, 0.05) is 22.3 Å². The summed E-state index contributed by atoms with van der Waals surface area (Å²) in [5.41, 5.74) is 1.73. The van der Waals surface area contributed by atoms with Gasteiger partial charge in [-0.15, -0.1) is 0 Å². The molecule has 0 heterocycles. The first-order valence-electron chi connectivity index (χ1n) is 7.45. The molecule has 0 aliphatic heterocycles. The lowest BCUT2D eigenvalue weighted by molar-refractivity contribution is -0.142. The van der Waals surface area contributed by atoms with E-state index in [9.17, 15) is 14.4 Å². The van der Waals surface area contributed by atoms with E-state index in [2.05, 4.69) is 5.32 Å². The number of esters is 1. The van der Waals surface area contributed by atoms with Crippen molar-refractivity contribution in [3.05, 3.63) is 70.8 Å². The highest BCUT2D eigenvalue weighted by Gasteiger charge is 2.07. The molecule has 0 aliphatic rings. The summed E-state index contributed by atoms with van der Waals surface area (Å²) in [7, 11) is 0. The minimum Gasteiger partial charge on any atom is -0.452 e.